The van der Waals surface area contributed by atoms with Gasteiger partial charge in [0.25, 0.3) is 5.91 Å². The highest BCUT2D eigenvalue weighted by Crippen LogP contribution is 2.21. The molecule has 1 saturated heterocycles. The van der Waals surface area contributed by atoms with E-state index in [1.165, 1.54) is 12.1 Å². The summed E-state index contributed by atoms with van der Waals surface area (Å²) in [6.07, 6.45) is 0. The first-order valence-corrected chi connectivity index (χ1v) is 7.73. The van der Waals surface area contributed by atoms with Crippen LogP contribution in [-0.2, 0) is 0 Å². The summed E-state index contributed by atoms with van der Waals surface area (Å²) in [6.45, 7) is 4.76. The molecule has 3 rings (SSSR count). The van der Waals surface area contributed by atoms with Crippen LogP contribution >= 0.6 is 11.3 Å². The van der Waals surface area contributed by atoms with E-state index in [1.807, 2.05) is 12.3 Å². The van der Waals surface area contributed by atoms with Crippen LogP contribution in [0, 0.1) is 12.7 Å². The third-order valence-corrected chi connectivity index (χ3v) is 4.54. The normalized spacial score (nSPS) is 15.3. The van der Waals surface area contributed by atoms with Gasteiger partial charge >= 0.3 is 0 Å². The van der Waals surface area contributed by atoms with E-state index in [-0.39, 0.29) is 11.7 Å². The Morgan fingerprint density at radius 3 is 2.67 bits per heavy atom. The van der Waals surface area contributed by atoms with Gasteiger partial charge in [0.1, 0.15) is 5.82 Å². The van der Waals surface area contributed by atoms with Gasteiger partial charge in [-0.3, -0.25) is 4.79 Å². The number of hydrogen-bond acceptors (Lipinski definition) is 4. The number of piperazine rings is 1. The maximum Gasteiger partial charge on any atom is 0.254 e. The second kappa shape index (κ2) is 5.81. The van der Waals surface area contributed by atoms with Crippen LogP contribution in [0.15, 0.2) is 29.6 Å². The first-order valence-electron chi connectivity index (χ1n) is 6.85. The Kier molecular flexibility index (Phi) is 3.88. The van der Waals surface area contributed by atoms with Gasteiger partial charge in [0.2, 0.25) is 0 Å². The van der Waals surface area contributed by atoms with E-state index in [4.69, 9.17) is 0 Å². The molecule has 0 unspecified atom stereocenters. The van der Waals surface area contributed by atoms with Crippen molar-refractivity contribution in [2.75, 3.05) is 31.1 Å². The molecule has 1 aromatic carbocycles. The minimum Gasteiger partial charge on any atom is -0.345 e. The quantitative estimate of drug-likeness (QED) is 0.855. The zero-order valence-corrected chi connectivity index (χ0v) is 12.6. The van der Waals surface area contributed by atoms with E-state index < -0.39 is 0 Å². The number of aromatic nitrogens is 1. The molecule has 21 heavy (non-hydrogen) atoms. The first kappa shape index (κ1) is 14.0. The monoisotopic (exact) mass is 305 g/mol. The molecule has 0 saturated carbocycles. The summed E-state index contributed by atoms with van der Waals surface area (Å²) in [4.78, 5) is 20.7. The largest absolute Gasteiger partial charge is 0.345 e. The van der Waals surface area contributed by atoms with Crippen LogP contribution in [0.25, 0.3) is 0 Å². The molecule has 0 spiro atoms. The van der Waals surface area contributed by atoms with Gasteiger partial charge in [-0.05, 0) is 25.1 Å². The highest BCUT2D eigenvalue weighted by Gasteiger charge is 2.23. The summed E-state index contributed by atoms with van der Waals surface area (Å²) < 4.78 is 13.2. The Hall–Kier alpha value is -1.95. The van der Waals surface area contributed by atoms with Gasteiger partial charge < -0.3 is 9.80 Å². The molecular weight excluding hydrogens is 289 g/mol. The van der Waals surface area contributed by atoms with Crippen LogP contribution in [0.4, 0.5) is 9.52 Å². The maximum atomic E-state index is 13.2. The van der Waals surface area contributed by atoms with Crippen molar-refractivity contribution in [2.45, 2.75) is 6.92 Å². The molecule has 0 N–H and O–H groups in total. The van der Waals surface area contributed by atoms with Crippen molar-refractivity contribution in [2.24, 2.45) is 0 Å². The average molecular weight is 305 g/mol. The summed E-state index contributed by atoms with van der Waals surface area (Å²) in [6, 6.07) is 5.86. The minimum atomic E-state index is -0.377. The lowest BCUT2D eigenvalue weighted by molar-refractivity contribution is 0.0746. The van der Waals surface area contributed by atoms with Gasteiger partial charge in [0.05, 0.1) is 5.69 Å². The Bertz CT molecular complexity index is 650. The van der Waals surface area contributed by atoms with E-state index in [1.54, 1.807) is 28.4 Å². The summed E-state index contributed by atoms with van der Waals surface area (Å²) in [5, 5.41) is 3.03. The number of anilines is 1. The smallest absolute Gasteiger partial charge is 0.254 e. The number of carbonyl (C=O) groups is 1. The third-order valence-electron chi connectivity index (χ3n) is 3.52. The number of rotatable bonds is 2. The van der Waals surface area contributed by atoms with Gasteiger partial charge in [0.15, 0.2) is 5.13 Å². The number of benzene rings is 1. The fourth-order valence-corrected chi connectivity index (χ4v) is 3.25. The predicted octanol–water partition coefficient (Wildman–Crippen LogP) is 2.55. The molecule has 2 aromatic rings. The van der Waals surface area contributed by atoms with Crippen LogP contribution < -0.4 is 4.90 Å². The number of carbonyl (C=O) groups excluding carboxylic acids is 1. The zero-order chi connectivity index (χ0) is 14.8. The van der Waals surface area contributed by atoms with Crippen molar-refractivity contribution in [3.63, 3.8) is 0 Å². The molecule has 6 heteroatoms. The van der Waals surface area contributed by atoms with Crippen molar-refractivity contribution in [3.05, 3.63) is 46.7 Å². The molecule has 0 radical (unpaired) electrons. The molecule has 0 aliphatic carbocycles. The van der Waals surface area contributed by atoms with Crippen molar-refractivity contribution < 1.29 is 9.18 Å². The van der Waals surface area contributed by atoms with Crippen LogP contribution in [-0.4, -0.2) is 42.0 Å². The molecule has 1 aliphatic heterocycles. The molecule has 0 atom stereocenters. The first-order chi connectivity index (χ1) is 10.1. The van der Waals surface area contributed by atoms with E-state index in [0.29, 0.717) is 18.7 Å². The van der Waals surface area contributed by atoms with E-state index in [0.717, 1.165) is 23.9 Å². The highest BCUT2D eigenvalue weighted by atomic mass is 32.1. The molecule has 110 valence electrons. The lowest BCUT2D eigenvalue weighted by Crippen LogP contribution is -2.48. The molecule has 1 aliphatic rings. The van der Waals surface area contributed by atoms with Gasteiger partial charge in [-0.1, -0.05) is 6.07 Å². The molecular formula is C15H16FN3OS. The Morgan fingerprint density at radius 2 is 2.05 bits per heavy atom. The molecule has 1 fully saturated rings. The second-order valence-corrected chi connectivity index (χ2v) is 5.90. The summed E-state index contributed by atoms with van der Waals surface area (Å²) in [5.74, 6) is -0.484. The van der Waals surface area contributed by atoms with Crippen molar-refractivity contribution in [1.29, 1.82) is 0 Å². The van der Waals surface area contributed by atoms with Gasteiger partial charge in [0, 0.05) is 37.1 Å². The number of hydrogen-bond donors (Lipinski definition) is 0. The highest BCUT2D eigenvalue weighted by molar-refractivity contribution is 7.13. The number of nitrogens with zero attached hydrogens (tertiary/aromatic N) is 3. The van der Waals surface area contributed by atoms with Crippen LogP contribution in [0.1, 0.15) is 16.1 Å². The summed E-state index contributed by atoms with van der Waals surface area (Å²) >= 11 is 1.63. The fraction of sp³-hybridized carbons (Fsp3) is 0.333. The van der Waals surface area contributed by atoms with E-state index in [2.05, 4.69) is 9.88 Å². The third kappa shape index (κ3) is 3.05. The van der Waals surface area contributed by atoms with Crippen LogP contribution in [0.2, 0.25) is 0 Å². The maximum absolute atomic E-state index is 13.2. The number of halogens is 1. The summed E-state index contributed by atoms with van der Waals surface area (Å²) in [5.41, 5.74) is 1.43. The minimum absolute atomic E-state index is 0.107. The SMILES string of the molecule is Cc1csc(N2CCN(C(=O)c3cccc(F)c3)CC2)n1. The number of thiazole rings is 1. The second-order valence-electron chi connectivity index (χ2n) is 5.06. The zero-order valence-electron chi connectivity index (χ0n) is 11.8. The lowest BCUT2D eigenvalue weighted by Gasteiger charge is -2.34. The fourth-order valence-electron chi connectivity index (χ4n) is 2.39. The van der Waals surface area contributed by atoms with Crippen molar-refractivity contribution >= 4 is 22.4 Å². The van der Waals surface area contributed by atoms with Gasteiger partial charge in [-0.2, -0.15) is 0 Å². The Balaban J connectivity index is 1.64. The number of amides is 1. The molecule has 1 aromatic heterocycles. The molecule has 4 nitrogen and oxygen atoms in total. The molecule has 1 amide bonds. The van der Waals surface area contributed by atoms with Crippen molar-refractivity contribution in [1.82, 2.24) is 9.88 Å². The van der Waals surface area contributed by atoms with Gasteiger partial charge in [-0.15, -0.1) is 11.3 Å². The lowest BCUT2D eigenvalue weighted by atomic mass is 10.2. The van der Waals surface area contributed by atoms with Crippen molar-refractivity contribution in [3.8, 4) is 0 Å². The van der Waals surface area contributed by atoms with Crippen LogP contribution in [0.3, 0.4) is 0 Å². The van der Waals surface area contributed by atoms with E-state index >= 15 is 0 Å². The average Bonchev–Trinajstić information content (AvgIpc) is 2.93. The standard InChI is InChI=1S/C15H16FN3OS/c1-11-10-21-15(17-11)19-7-5-18(6-8-19)14(20)12-3-2-4-13(16)9-12/h2-4,9-10H,5-8H2,1H3. The topological polar surface area (TPSA) is 36.4 Å². The summed E-state index contributed by atoms with van der Waals surface area (Å²) in [7, 11) is 0. The molecule has 0 bridgehead atoms. The number of aryl methyl sites for hydroxylation is 1. The predicted molar refractivity (Wildman–Crippen MR) is 81.4 cm³/mol. The van der Waals surface area contributed by atoms with Crippen LogP contribution in [0.5, 0.6) is 0 Å². The van der Waals surface area contributed by atoms with Gasteiger partial charge in [-0.25, -0.2) is 9.37 Å². The van der Waals surface area contributed by atoms with E-state index in [9.17, 15) is 9.18 Å². The Labute approximate surface area is 126 Å². The Morgan fingerprint density at radius 1 is 1.29 bits per heavy atom. The molecule has 2 heterocycles.